The third-order valence-electron chi connectivity index (χ3n) is 6.21. The third kappa shape index (κ3) is 3.15. The van der Waals surface area contributed by atoms with Crippen LogP contribution in [0.3, 0.4) is 0 Å². The summed E-state index contributed by atoms with van der Waals surface area (Å²) in [6.07, 6.45) is 11.1. The fourth-order valence-electron chi connectivity index (χ4n) is 5.25. The van der Waals surface area contributed by atoms with Crippen LogP contribution in [0, 0.1) is 35.0 Å². The Labute approximate surface area is 127 Å². The van der Waals surface area contributed by atoms with Gasteiger partial charge in [-0.25, -0.2) is 0 Å². The average molecular weight is 277 g/mol. The molecule has 1 saturated carbocycles. The molecule has 20 heavy (non-hydrogen) atoms. The van der Waals surface area contributed by atoms with Gasteiger partial charge >= 0.3 is 0 Å². The summed E-state index contributed by atoms with van der Waals surface area (Å²) in [5, 5.41) is 0. The van der Waals surface area contributed by atoms with E-state index in [-0.39, 0.29) is 0 Å². The van der Waals surface area contributed by atoms with Gasteiger partial charge in [-0.15, -0.1) is 0 Å². The highest BCUT2D eigenvalue weighted by atomic mass is 14.5. The highest BCUT2D eigenvalue weighted by Gasteiger charge is 2.46. The van der Waals surface area contributed by atoms with Crippen molar-refractivity contribution in [1.82, 2.24) is 0 Å². The topological polar surface area (TPSA) is 0 Å². The van der Waals surface area contributed by atoms with Gasteiger partial charge in [-0.1, -0.05) is 59.6 Å². The lowest BCUT2D eigenvalue weighted by Crippen LogP contribution is -2.36. The summed E-state index contributed by atoms with van der Waals surface area (Å²) in [7, 11) is 0. The Balaban J connectivity index is 2.38. The molecule has 0 heterocycles. The summed E-state index contributed by atoms with van der Waals surface area (Å²) >= 11 is 0. The first-order valence-corrected chi connectivity index (χ1v) is 9.05. The first-order valence-electron chi connectivity index (χ1n) is 9.05. The molecule has 0 aromatic rings. The maximum Gasteiger partial charge on any atom is -0.0116 e. The monoisotopic (exact) mass is 276 g/mol. The van der Waals surface area contributed by atoms with Gasteiger partial charge < -0.3 is 0 Å². The van der Waals surface area contributed by atoms with Crippen molar-refractivity contribution in [2.24, 2.45) is 35.0 Å². The summed E-state index contributed by atoms with van der Waals surface area (Å²) in [5.74, 6) is 4.24. The van der Waals surface area contributed by atoms with Crippen molar-refractivity contribution in [2.75, 3.05) is 0 Å². The van der Waals surface area contributed by atoms with Crippen molar-refractivity contribution >= 4 is 0 Å². The average Bonchev–Trinajstić information content (AvgIpc) is 2.61. The normalized spacial score (nSPS) is 39.2. The van der Waals surface area contributed by atoms with Crippen LogP contribution >= 0.6 is 0 Å². The smallest absolute Gasteiger partial charge is 0.0116 e. The first-order chi connectivity index (χ1) is 9.35. The number of hydrogen-bond donors (Lipinski definition) is 0. The Morgan fingerprint density at radius 1 is 1.15 bits per heavy atom. The molecular formula is C20H36. The van der Waals surface area contributed by atoms with E-state index in [0.717, 1.165) is 29.6 Å². The molecule has 4 atom stereocenters. The summed E-state index contributed by atoms with van der Waals surface area (Å²) in [6, 6.07) is 0. The SMILES string of the molecule is CC1CCC(C)(C2C(C(C)C)=CCCCC2C(C)C)C1. The molecule has 1 fully saturated rings. The fraction of sp³-hybridized carbons (Fsp3) is 0.900. The molecule has 4 unspecified atom stereocenters. The lowest BCUT2D eigenvalue weighted by atomic mass is 9.61. The standard InChI is InChI=1S/C20H36/c1-14(2)17-9-7-8-10-18(15(3)4)19(17)20(6)12-11-16(5)13-20/h9,14-16,18-19H,7-8,10-13H2,1-6H3. The molecule has 116 valence electrons. The van der Waals surface area contributed by atoms with Crippen LogP contribution in [0.2, 0.25) is 0 Å². The molecule has 0 saturated heterocycles. The Morgan fingerprint density at radius 2 is 1.85 bits per heavy atom. The van der Waals surface area contributed by atoms with E-state index in [9.17, 15) is 0 Å². The second kappa shape index (κ2) is 6.24. The Bertz CT molecular complexity index is 349. The molecule has 0 bridgehead atoms. The van der Waals surface area contributed by atoms with E-state index in [0.29, 0.717) is 5.41 Å². The van der Waals surface area contributed by atoms with Gasteiger partial charge in [0.25, 0.3) is 0 Å². The van der Waals surface area contributed by atoms with Crippen LogP contribution < -0.4 is 0 Å². The molecule has 0 spiro atoms. The van der Waals surface area contributed by atoms with Gasteiger partial charge in [0.15, 0.2) is 0 Å². The molecule has 0 aromatic carbocycles. The second-order valence-electron chi connectivity index (χ2n) is 8.68. The van der Waals surface area contributed by atoms with Crippen LogP contribution in [-0.4, -0.2) is 0 Å². The highest BCUT2D eigenvalue weighted by molar-refractivity contribution is 5.18. The van der Waals surface area contributed by atoms with E-state index in [4.69, 9.17) is 0 Å². The lowest BCUT2D eigenvalue weighted by Gasteiger charge is -2.44. The van der Waals surface area contributed by atoms with Crippen molar-refractivity contribution < 1.29 is 0 Å². The minimum absolute atomic E-state index is 0.564. The Morgan fingerprint density at radius 3 is 2.35 bits per heavy atom. The number of rotatable bonds is 3. The summed E-state index contributed by atoms with van der Waals surface area (Å²) in [4.78, 5) is 0. The van der Waals surface area contributed by atoms with Crippen molar-refractivity contribution in [3.8, 4) is 0 Å². The lowest BCUT2D eigenvalue weighted by molar-refractivity contribution is 0.109. The minimum Gasteiger partial charge on any atom is -0.0848 e. The van der Waals surface area contributed by atoms with Crippen molar-refractivity contribution in [3.63, 3.8) is 0 Å². The van der Waals surface area contributed by atoms with Crippen LogP contribution in [0.15, 0.2) is 11.6 Å². The molecule has 2 rings (SSSR count). The van der Waals surface area contributed by atoms with Gasteiger partial charge in [0.2, 0.25) is 0 Å². The van der Waals surface area contributed by atoms with E-state index in [1.807, 2.05) is 0 Å². The van der Waals surface area contributed by atoms with Gasteiger partial charge in [0.05, 0.1) is 0 Å². The Kier molecular flexibility index (Phi) is 5.03. The minimum atomic E-state index is 0.564. The molecule has 0 N–H and O–H groups in total. The van der Waals surface area contributed by atoms with E-state index >= 15 is 0 Å². The molecule has 0 heteroatoms. The summed E-state index contributed by atoms with van der Waals surface area (Å²) in [6.45, 7) is 14.8. The van der Waals surface area contributed by atoms with Crippen LogP contribution in [0.5, 0.6) is 0 Å². The fourth-order valence-corrected chi connectivity index (χ4v) is 5.25. The zero-order valence-corrected chi connectivity index (χ0v) is 14.7. The van der Waals surface area contributed by atoms with Crippen LogP contribution in [-0.2, 0) is 0 Å². The zero-order valence-electron chi connectivity index (χ0n) is 14.7. The van der Waals surface area contributed by atoms with E-state index < -0.39 is 0 Å². The molecule has 0 amide bonds. The molecule has 0 aromatic heterocycles. The van der Waals surface area contributed by atoms with Gasteiger partial charge in [-0.2, -0.15) is 0 Å². The summed E-state index contributed by atoms with van der Waals surface area (Å²) < 4.78 is 0. The predicted molar refractivity (Wildman–Crippen MR) is 89.7 cm³/mol. The molecule has 0 aliphatic heterocycles. The van der Waals surface area contributed by atoms with E-state index in [1.165, 1.54) is 38.5 Å². The van der Waals surface area contributed by atoms with Gasteiger partial charge in [-0.05, 0) is 67.1 Å². The second-order valence-corrected chi connectivity index (χ2v) is 8.68. The molecule has 0 radical (unpaired) electrons. The summed E-state index contributed by atoms with van der Waals surface area (Å²) in [5.41, 5.74) is 2.37. The largest absolute Gasteiger partial charge is 0.0848 e. The molecular weight excluding hydrogens is 240 g/mol. The van der Waals surface area contributed by atoms with Crippen molar-refractivity contribution in [2.45, 2.75) is 80.1 Å². The highest BCUT2D eigenvalue weighted by Crippen LogP contribution is 2.55. The first kappa shape index (κ1) is 16.1. The molecule has 2 aliphatic rings. The van der Waals surface area contributed by atoms with E-state index in [2.05, 4.69) is 47.6 Å². The van der Waals surface area contributed by atoms with Crippen LogP contribution in [0.4, 0.5) is 0 Å². The number of hydrogen-bond acceptors (Lipinski definition) is 0. The maximum absolute atomic E-state index is 2.63. The van der Waals surface area contributed by atoms with Crippen molar-refractivity contribution in [1.29, 1.82) is 0 Å². The molecule has 0 nitrogen and oxygen atoms in total. The van der Waals surface area contributed by atoms with Gasteiger partial charge in [0, 0.05) is 0 Å². The van der Waals surface area contributed by atoms with E-state index in [1.54, 1.807) is 5.57 Å². The van der Waals surface area contributed by atoms with Gasteiger partial charge in [-0.3, -0.25) is 0 Å². The third-order valence-corrected chi connectivity index (χ3v) is 6.21. The zero-order chi connectivity index (χ0) is 14.9. The Hall–Kier alpha value is -0.260. The molecule has 2 aliphatic carbocycles. The van der Waals surface area contributed by atoms with Gasteiger partial charge in [0.1, 0.15) is 0 Å². The van der Waals surface area contributed by atoms with Crippen LogP contribution in [0.1, 0.15) is 80.1 Å². The maximum atomic E-state index is 2.63. The quantitative estimate of drug-likeness (QED) is 0.518. The number of allylic oxidation sites excluding steroid dienone is 2. The van der Waals surface area contributed by atoms with Crippen LogP contribution in [0.25, 0.3) is 0 Å². The predicted octanol–water partition coefficient (Wildman–Crippen LogP) is 6.47. The van der Waals surface area contributed by atoms with Crippen molar-refractivity contribution in [3.05, 3.63) is 11.6 Å².